The lowest BCUT2D eigenvalue weighted by atomic mass is 10.1. The molecule has 2 amide bonds. The fourth-order valence-corrected chi connectivity index (χ4v) is 2.61. The van der Waals surface area contributed by atoms with Gasteiger partial charge in [-0.3, -0.25) is 14.4 Å². The molecule has 0 aliphatic heterocycles. The molecular weight excluding hydrogens is 396 g/mol. The van der Waals surface area contributed by atoms with Crippen molar-refractivity contribution in [1.29, 1.82) is 0 Å². The van der Waals surface area contributed by atoms with Gasteiger partial charge in [-0.15, -0.1) is 0 Å². The van der Waals surface area contributed by atoms with Crippen LogP contribution in [0.5, 0.6) is 5.75 Å². The molecule has 0 bridgehead atoms. The minimum Gasteiger partial charge on any atom is -0.495 e. The van der Waals surface area contributed by atoms with E-state index in [0.717, 1.165) is 11.1 Å². The monoisotopic (exact) mass is 418 g/mol. The molecular formula is C21H23ClN2O5. The van der Waals surface area contributed by atoms with Crippen molar-refractivity contribution >= 4 is 40.8 Å². The van der Waals surface area contributed by atoms with E-state index in [4.69, 9.17) is 21.1 Å². The summed E-state index contributed by atoms with van der Waals surface area (Å²) in [7, 11) is 1.47. The van der Waals surface area contributed by atoms with Crippen LogP contribution in [0.2, 0.25) is 5.02 Å². The maximum absolute atomic E-state index is 12.0. The summed E-state index contributed by atoms with van der Waals surface area (Å²) in [6.45, 7) is 3.49. The van der Waals surface area contributed by atoms with Crippen molar-refractivity contribution in [2.75, 3.05) is 24.4 Å². The molecule has 0 spiro atoms. The molecule has 2 N–H and O–H groups in total. The van der Waals surface area contributed by atoms with Gasteiger partial charge in [0, 0.05) is 17.1 Å². The summed E-state index contributed by atoms with van der Waals surface area (Å²) in [5.41, 5.74) is 3.19. The first-order valence-electron chi connectivity index (χ1n) is 8.94. The van der Waals surface area contributed by atoms with Crippen LogP contribution in [0.3, 0.4) is 0 Å². The van der Waals surface area contributed by atoms with Crippen LogP contribution in [0, 0.1) is 13.8 Å². The van der Waals surface area contributed by atoms with Gasteiger partial charge in [0.15, 0.2) is 6.61 Å². The lowest BCUT2D eigenvalue weighted by Gasteiger charge is -2.10. The number of carbonyl (C=O) groups excluding carboxylic acids is 3. The summed E-state index contributed by atoms with van der Waals surface area (Å²) in [5.74, 6) is -1.04. The third-order valence-electron chi connectivity index (χ3n) is 4.15. The van der Waals surface area contributed by atoms with Gasteiger partial charge in [0.05, 0.1) is 19.2 Å². The van der Waals surface area contributed by atoms with E-state index in [1.165, 1.54) is 7.11 Å². The van der Waals surface area contributed by atoms with Crippen LogP contribution in [0.1, 0.15) is 24.0 Å². The van der Waals surface area contributed by atoms with Gasteiger partial charge in [0.2, 0.25) is 5.91 Å². The Morgan fingerprint density at radius 3 is 2.38 bits per heavy atom. The maximum atomic E-state index is 12.0. The first-order chi connectivity index (χ1) is 13.8. The number of anilines is 2. The Morgan fingerprint density at radius 2 is 1.69 bits per heavy atom. The van der Waals surface area contributed by atoms with Crippen molar-refractivity contribution in [1.82, 2.24) is 0 Å². The van der Waals surface area contributed by atoms with Crippen LogP contribution in [-0.4, -0.2) is 31.5 Å². The highest BCUT2D eigenvalue weighted by atomic mass is 35.5. The van der Waals surface area contributed by atoms with Gasteiger partial charge in [-0.2, -0.15) is 0 Å². The molecule has 0 aromatic heterocycles. The lowest BCUT2D eigenvalue weighted by Crippen LogP contribution is -2.22. The van der Waals surface area contributed by atoms with E-state index in [1.807, 2.05) is 26.0 Å². The molecule has 0 aliphatic rings. The van der Waals surface area contributed by atoms with Gasteiger partial charge < -0.3 is 20.1 Å². The maximum Gasteiger partial charge on any atom is 0.306 e. The minimum atomic E-state index is -0.645. The molecule has 29 heavy (non-hydrogen) atoms. The van der Waals surface area contributed by atoms with E-state index in [1.54, 1.807) is 24.3 Å². The molecule has 0 heterocycles. The van der Waals surface area contributed by atoms with Crippen molar-refractivity contribution < 1.29 is 23.9 Å². The summed E-state index contributed by atoms with van der Waals surface area (Å²) >= 11 is 5.91. The number of methoxy groups -OCH3 is 1. The molecule has 8 heteroatoms. The number of rotatable bonds is 8. The van der Waals surface area contributed by atoms with Gasteiger partial charge in [-0.05, 0) is 55.3 Å². The molecule has 2 rings (SSSR count). The molecule has 0 fully saturated rings. The van der Waals surface area contributed by atoms with Crippen LogP contribution in [0.15, 0.2) is 36.4 Å². The quantitative estimate of drug-likeness (QED) is 0.635. The first kappa shape index (κ1) is 22.2. The Labute approximate surface area is 174 Å². The zero-order valence-corrected chi connectivity index (χ0v) is 17.3. The highest BCUT2D eigenvalue weighted by Gasteiger charge is 2.13. The molecule has 0 saturated heterocycles. The molecule has 2 aromatic carbocycles. The highest BCUT2D eigenvalue weighted by molar-refractivity contribution is 6.31. The number of ether oxygens (including phenoxy) is 2. The summed E-state index contributed by atoms with van der Waals surface area (Å²) in [6, 6.07) is 10.3. The topological polar surface area (TPSA) is 93.7 Å². The highest BCUT2D eigenvalue weighted by Crippen LogP contribution is 2.27. The summed E-state index contributed by atoms with van der Waals surface area (Å²) in [5, 5.41) is 5.73. The van der Waals surface area contributed by atoms with Crippen molar-refractivity contribution in [2.24, 2.45) is 0 Å². The van der Waals surface area contributed by atoms with E-state index in [9.17, 15) is 14.4 Å². The molecule has 0 radical (unpaired) electrons. The largest absolute Gasteiger partial charge is 0.495 e. The van der Waals surface area contributed by atoms with Crippen molar-refractivity contribution in [2.45, 2.75) is 26.7 Å². The van der Waals surface area contributed by atoms with Crippen LogP contribution < -0.4 is 15.4 Å². The number of hydrogen-bond donors (Lipinski definition) is 2. The van der Waals surface area contributed by atoms with Gasteiger partial charge in [0.25, 0.3) is 5.91 Å². The second-order valence-electron chi connectivity index (χ2n) is 6.40. The van der Waals surface area contributed by atoms with Gasteiger partial charge in [-0.1, -0.05) is 17.7 Å². The molecule has 154 valence electrons. The summed E-state index contributed by atoms with van der Waals surface area (Å²) < 4.78 is 10.1. The molecule has 0 saturated carbocycles. The molecule has 2 aromatic rings. The van der Waals surface area contributed by atoms with E-state index >= 15 is 0 Å². The Balaban J connectivity index is 1.75. The van der Waals surface area contributed by atoms with Crippen molar-refractivity contribution in [3.05, 3.63) is 52.5 Å². The fourth-order valence-electron chi connectivity index (χ4n) is 2.44. The van der Waals surface area contributed by atoms with Gasteiger partial charge >= 0.3 is 5.97 Å². The second-order valence-corrected chi connectivity index (χ2v) is 6.84. The predicted molar refractivity (Wildman–Crippen MR) is 111 cm³/mol. The summed E-state index contributed by atoms with van der Waals surface area (Å²) in [6.07, 6.45) is -0.265. The number of hydrogen-bond acceptors (Lipinski definition) is 5. The molecule has 0 aliphatic carbocycles. The number of nitrogens with one attached hydrogen (secondary N) is 2. The normalized spacial score (nSPS) is 10.2. The zero-order valence-electron chi connectivity index (χ0n) is 16.5. The number of halogens is 1. The van der Waals surface area contributed by atoms with E-state index in [0.29, 0.717) is 22.1 Å². The smallest absolute Gasteiger partial charge is 0.306 e. The SMILES string of the molecule is COc1ccc(Cl)cc1NC(=O)CCC(=O)OCC(=O)Nc1ccc(C)c(C)c1. The number of carbonyl (C=O) groups is 3. The standard InChI is InChI=1S/C21H23ClN2O5/c1-13-4-6-16(10-14(13)2)23-20(26)12-29-21(27)9-8-19(25)24-17-11-15(22)5-7-18(17)28-3/h4-7,10-11H,8-9,12H2,1-3H3,(H,23,26)(H,24,25). The van der Waals surface area contributed by atoms with Gasteiger partial charge in [0.1, 0.15) is 5.75 Å². The summed E-state index contributed by atoms with van der Waals surface area (Å²) in [4.78, 5) is 35.7. The van der Waals surface area contributed by atoms with Crippen molar-refractivity contribution in [3.8, 4) is 5.75 Å². The average Bonchev–Trinajstić information content (AvgIpc) is 2.68. The molecule has 0 unspecified atom stereocenters. The van der Waals surface area contributed by atoms with Crippen LogP contribution >= 0.6 is 11.6 Å². The minimum absolute atomic E-state index is 0.104. The van der Waals surface area contributed by atoms with E-state index in [-0.39, 0.29) is 12.8 Å². The van der Waals surface area contributed by atoms with Gasteiger partial charge in [-0.25, -0.2) is 0 Å². The predicted octanol–water partition coefficient (Wildman–Crippen LogP) is 3.87. The van der Waals surface area contributed by atoms with Crippen LogP contribution in [0.4, 0.5) is 11.4 Å². The number of aryl methyl sites for hydroxylation is 2. The number of benzene rings is 2. The average molecular weight is 419 g/mol. The number of esters is 1. The fraction of sp³-hybridized carbons (Fsp3) is 0.286. The number of amides is 2. The molecule has 0 atom stereocenters. The molecule has 7 nitrogen and oxygen atoms in total. The second kappa shape index (κ2) is 10.5. The van der Waals surface area contributed by atoms with Crippen LogP contribution in [-0.2, 0) is 19.1 Å². The zero-order chi connectivity index (χ0) is 21.4. The third-order valence-corrected chi connectivity index (χ3v) is 4.38. The van der Waals surface area contributed by atoms with Crippen LogP contribution in [0.25, 0.3) is 0 Å². The Bertz CT molecular complexity index is 914. The Morgan fingerprint density at radius 1 is 0.931 bits per heavy atom. The van der Waals surface area contributed by atoms with E-state index < -0.39 is 24.4 Å². The first-order valence-corrected chi connectivity index (χ1v) is 9.32. The Hall–Kier alpha value is -3.06. The lowest BCUT2D eigenvalue weighted by molar-refractivity contribution is -0.147. The van der Waals surface area contributed by atoms with E-state index in [2.05, 4.69) is 10.6 Å². The Kier molecular flexibility index (Phi) is 8.03. The third kappa shape index (κ3) is 7.12. The van der Waals surface area contributed by atoms with Crippen molar-refractivity contribution in [3.63, 3.8) is 0 Å².